The molecule has 1 aromatic carbocycles. The Hall–Kier alpha value is -3.21. The highest BCUT2D eigenvalue weighted by Gasteiger charge is 2.34. The molecule has 4 rings (SSSR count). The van der Waals surface area contributed by atoms with Crippen LogP contribution in [-0.2, 0) is 6.42 Å². The average Bonchev–Trinajstić information content (AvgIpc) is 2.59. The van der Waals surface area contributed by atoms with Gasteiger partial charge in [0.1, 0.15) is 17.1 Å². The van der Waals surface area contributed by atoms with E-state index in [-0.39, 0.29) is 22.5 Å². The zero-order chi connectivity index (χ0) is 20.1. The second-order valence-corrected chi connectivity index (χ2v) is 8.09. The Bertz CT molecular complexity index is 1140. The van der Waals surface area contributed by atoms with E-state index in [1.54, 1.807) is 13.0 Å². The highest BCUT2D eigenvalue weighted by molar-refractivity contribution is 6.05. The van der Waals surface area contributed by atoms with Crippen molar-refractivity contribution in [1.82, 2.24) is 4.98 Å². The van der Waals surface area contributed by atoms with Crippen molar-refractivity contribution in [3.63, 3.8) is 0 Å². The molecule has 0 saturated heterocycles. The molecule has 2 aromatic heterocycles. The van der Waals surface area contributed by atoms with E-state index in [0.717, 1.165) is 11.1 Å². The van der Waals surface area contributed by atoms with Gasteiger partial charge in [0.15, 0.2) is 5.78 Å². The molecule has 0 aliphatic heterocycles. The Labute approximate surface area is 162 Å². The number of pyridine rings is 1. The highest BCUT2D eigenvalue weighted by atomic mass is 16.4. The Morgan fingerprint density at radius 2 is 1.75 bits per heavy atom. The van der Waals surface area contributed by atoms with Gasteiger partial charge in [0.05, 0.1) is 11.4 Å². The molecule has 3 aromatic rings. The molecule has 0 spiro atoms. The summed E-state index contributed by atoms with van der Waals surface area (Å²) < 4.78 is 5.17. The minimum atomic E-state index is -0.648. The number of benzene rings is 1. The number of aromatic nitrogens is 1. The third-order valence-electron chi connectivity index (χ3n) is 5.05. The topological polar surface area (TPSA) is 80.4 Å². The first-order valence-corrected chi connectivity index (χ1v) is 9.22. The summed E-state index contributed by atoms with van der Waals surface area (Å²) in [6, 6.07) is 12.6. The number of carbonyl (C=O) groups excluding carboxylic acids is 1. The fourth-order valence-electron chi connectivity index (χ4n) is 3.88. The summed E-state index contributed by atoms with van der Waals surface area (Å²) in [7, 11) is 0. The molecule has 142 valence electrons. The van der Waals surface area contributed by atoms with Gasteiger partial charge in [-0.25, -0.2) is 4.79 Å². The minimum Gasteiger partial charge on any atom is -0.507 e. The number of ketones is 1. The van der Waals surface area contributed by atoms with Crippen LogP contribution in [0.15, 0.2) is 51.7 Å². The van der Waals surface area contributed by atoms with Crippen LogP contribution in [0.1, 0.15) is 42.1 Å². The van der Waals surface area contributed by atoms with Gasteiger partial charge in [-0.1, -0.05) is 44.2 Å². The lowest BCUT2D eigenvalue weighted by Gasteiger charge is -2.31. The third kappa shape index (κ3) is 3.13. The molecule has 0 atom stereocenters. The van der Waals surface area contributed by atoms with E-state index < -0.39 is 5.63 Å². The van der Waals surface area contributed by atoms with Crippen LogP contribution in [0.25, 0.3) is 22.4 Å². The first-order valence-electron chi connectivity index (χ1n) is 9.22. The van der Waals surface area contributed by atoms with E-state index in [9.17, 15) is 14.7 Å². The van der Waals surface area contributed by atoms with Crippen molar-refractivity contribution in [2.75, 3.05) is 0 Å². The molecule has 0 radical (unpaired) electrons. The Balaban J connectivity index is 2.04. The molecule has 2 heterocycles. The number of hydrogen-bond acceptors (Lipinski definition) is 5. The molecular formula is C23H21NO4. The van der Waals surface area contributed by atoms with Crippen molar-refractivity contribution in [2.24, 2.45) is 5.41 Å². The Morgan fingerprint density at radius 3 is 2.43 bits per heavy atom. The molecule has 0 bridgehead atoms. The summed E-state index contributed by atoms with van der Waals surface area (Å²) in [6.07, 6.45) is 1.05. The van der Waals surface area contributed by atoms with Crippen molar-refractivity contribution < 1.29 is 14.3 Å². The number of carbonyl (C=O) groups is 1. The van der Waals surface area contributed by atoms with E-state index >= 15 is 0 Å². The largest absolute Gasteiger partial charge is 0.507 e. The average molecular weight is 375 g/mol. The maximum Gasteiger partial charge on any atom is 0.349 e. The summed E-state index contributed by atoms with van der Waals surface area (Å²) in [4.78, 5) is 30.0. The molecule has 5 heteroatoms. The lowest BCUT2D eigenvalue weighted by molar-refractivity contribution is 0.0911. The van der Waals surface area contributed by atoms with Crippen LogP contribution in [0.2, 0.25) is 0 Å². The molecule has 28 heavy (non-hydrogen) atoms. The third-order valence-corrected chi connectivity index (χ3v) is 5.05. The van der Waals surface area contributed by atoms with Crippen molar-refractivity contribution in [3.8, 4) is 28.1 Å². The van der Waals surface area contributed by atoms with E-state index in [0.29, 0.717) is 35.6 Å². The molecule has 0 saturated carbocycles. The summed E-state index contributed by atoms with van der Waals surface area (Å²) in [5.41, 5.74) is 2.30. The maximum absolute atomic E-state index is 13.0. The van der Waals surface area contributed by atoms with Gasteiger partial charge in [-0.15, -0.1) is 0 Å². The lowest BCUT2D eigenvalue weighted by Crippen LogP contribution is -2.28. The van der Waals surface area contributed by atoms with Crippen molar-refractivity contribution in [1.29, 1.82) is 0 Å². The van der Waals surface area contributed by atoms with Crippen LogP contribution < -0.4 is 5.63 Å². The first-order chi connectivity index (χ1) is 13.2. The summed E-state index contributed by atoms with van der Waals surface area (Å²) in [5, 5.41) is 10.4. The molecule has 1 N–H and O–H groups in total. The molecule has 0 amide bonds. The van der Waals surface area contributed by atoms with Gasteiger partial charge < -0.3 is 9.52 Å². The van der Waals surface area contributed by atoms with Crippen LogP contribution in [0.5, 0.6) is 5.75 Å². The van der Waals surface area contributed by atoms with Gasteiger partial charge in [0, 0.05) is 18.1 Å². The van der Waals surface area contributed by atoms with Crippen LogP contribution in [0.4, 0.5) is 0 Å². The number of aryl methyl sites for hydroxylation is 1. The molecule has 1 aliphatic rings. The highest BCUT2D eigenvalue weighted by Crippen LogP contribution is 2.40. The number of Topliss-reactive ketones (excluding diaryl/α,β-unsaturated/α-hetero) is 1. The molecule has 0 fully saturated rings. The standard InChI is InChI=1S/C23H21NO4/c1-13-9-18(25)21(22(27)28-13)16-10-15(14-7-5-4-6-8-14)20-17(24-16)11-23(2,3)12-19(20)26/h4-10,25H,11-12H2,1-3H3. The van der Waals surface area contributed by atoms with Crippen molar-refractivity contribution in [2.45, 2.75) is 33.6 Å². The summed E-state index contributed by atoms with van der Waals surface area (Å²) in [6.45, 7) is 5.66. The normalized spacial score (nSPS) is 15.3. The van der Waals surface area contributed by atoms with E-state index in [2.05, 4.69) is 4.98 Å². The van der Waals surface area contributed by atoms with Crippen LogP contribution in [0, 0.1) is 12.3 Å². The monoisotopic (exact) mass is 375 g/mol. The Kier molecular flexibility index (Phi) is 4.18. The second kappa shape index (κ2) is 6.44. The van der Waals surface area contributed by atoms with Gasteiger partial charge >= 0.3 is 5.63 Å². The number of hydrogen-bond donors (Lipinski definition) is 1. The van der Waals surface area contributed by atoms with E-state index in [1.165, 1.54) is 6.07 Å². The Morgan fingerprint density at radius 1 is 1.04 bits per heavy atom. The predicted molar refractivity (Wildman–Crippen MR) is 106 cm³/mol. The fourth-order valence-corrected chi connectivity index (χ4v) is 3.88. The van der Waals surface area contributed by atoms with Gasteiger partial charge in [0.25, 0.3) is 0 Å². The predicted octanol–water partition coefficient (Wildman–Crippen LogP) is 4.54. The zero-order valence-electron chi connectivity index (χ0n) is 16.1. The first kappa shape index (κ1) is 18.2. The minimum absolute atomic E-state index is 0.0152. The lowest BCUT2D eigenvalue weighted by atomic mass is 9.74. The van der Waals surface area contributed by atoms with Crippen LogP contribution >= 0.6 is 0 Å². The van der Waals surface area contributed by atoms with Gasteiger partial charge in [-0.2, -0.15) is 0 Å². The number of rotatable bonds is 2. The van der Waals surface area contributed by atoms with Gasteiger partial charge in [-0.05, 0) is 36.0 Å². The molecule has 5 nitrogen and oxygen atoms in total. The SMILES string of the molecule is Cc1cc(O)c(-c2cc(-c3ccccc3)c3c(n2)CC(C)(C)CC3=O)c(=O)o1. The number of nitrogens with zero attached hydrogens (tertiary/aromatic N) is 1. The van der Waals surface area contributed by atoms with Crippen molar-refractivity contribution >= 4 is 5.78 Å². The van der Waals surface area contributed by atoms with Crippen LogP contribution in [0.3, 0.4) is 0 Å². The van der Waals surface area contributed by atoms with E-state index in [1.807, 2.05) is 44.2 Å². The van der Waals surface area contributed by atoms with Crippen LogP contribution in [-0.4, -0.2) is 15.9 Å². The maximum atomic E-state index is 13.0. The fraction of sp³-hybridized carbons (Fsp3) is 0.261. The summed E-state index contributed by atoms with van der Waals surface area (Å²) in [5.74, 6) is 0.190. The molecular weight excluding hydrogens is 354 g/mol. The summed E-state index contributed by atoms with van der Waals surface area (Å²) >= 11 is 0. The van der Waals surface area contributed by atoms with E-state index in [4.69, 9.17) is 4.42 Å². The second-order valence-electron chi connectivity index (χ2n) is 8.09. The van der Waals surface area contributed by atoms with Gasteiger partial charge in [-0.3, -0.25) is 9.78 Å². The number of aromatic hydroxyl groups is 1. The number of fused-ring (bicyclic) bond motifs is 1. The smallest absolute Gasteiger partial charge is 0.349 e. The van der Waals surface area contributed by atoms with Gasteiger partial charge in [0.2, 0.25) is 0 Å². The zero-order valence-corrected chi connectivity index (χ0v) is 16.1. The molecule has 1 aliphatic carbocycles. The quantitative estimate of drug-likeness (QED) is 0.711. The van der Waals surface area contributed by atoms with Crippen molar-refractivity contribution in [3.05, 3.63) is 69.9 Å². The molecule has 0 unspecified atom stereocenters.